The molecule has 2 heterocycles. The fourth-order valence-electron chi connectivity index (χ4n) is 2.74. The summed E-state index contributed by atoms with van der Waals surface area (Å²) >= 11 is 0. The zero-order valence-corrected chi connectivity index (χ0v) is 11.7. The molecule has 2 N–H and O–H groups in total. The molecule has 106 valence electrons. The van der Waals surface area contributed by atoms with Crippen LogP contribution in [0.15, 0.2) is 30.6 Å². The number of para-hydroxylation sites is 1. The molecule has 0 atom stereocenters. The van der Waals surface area contributed by atoms with E-state index in [9.17, 15) is 0 Å². The minimum atomic E-state index is 0.775. The van der Waals surface area contributed by atoms with Crippen LogP contribution >= 0.6 is 0 Å². The van der Waals surface area contributed by atoms with Crippen molar-refractivity contribution in [2.24, 2.45) is 5.73 Å². The number of nitrogens with zero attached hydrogens (tertiary/aromatic N) is 4. The van der Waals surface area contributed by atoms with Crippen molar-refractivity contribution < 1.29 is 0 Å². The lowest BCUT2D eigenvalue weighted by Crippen LogP contribution is -2.47. The molecule has 1 fully saturated rings. The third-order valence-electron chi connectivity index (χ3n) is 3.87. The molecular weight excluding hydrogens is 250 g/mol. The number of aromatic nitrogens is 2. The highest BCUT2D eigenvalue weighted by Crippen LogP contribution is 2.23. The van der Waals surface area contributed by atoms with Crippen molar-refractivity contribution in [3.8, 4) is 0 Å². The predicted molar refractivity (Wildman–Crippen MR) is 81.9 cm³/mol. The van der Waals surface area contributed by atoms with Gasteiger partial charge in [-0.1, -0.05) is 12.1 Å². The fraction of sp³-hybridized carbons (Fsp3) is 0.467. The van der Waals surface area contributed by atoms with Gasteiger partial charge in [-0.05, 0) is 31.6 Å². The van der Waals surface area contributed by atoms with E-state index in [-0.39, 0.29) is 0 Å². The first-order valence-corrected chi connectivity index (χ1v) is 7.25. The van der Waals surface area contributed by atoms with Crippen molar-refractivity contribution >= 4 is 16.7 Å². The molecule has 0 saturated carbocycles. The first-order chi connectivity index (χ1) is 9.88. The molecule has 0 amide bonds. The SMILES string of the molecule is NCCCN1CCN(c2ncnc3ccccc23)CC1. The second-order valence-corrected chi connectivity index (χ2v) is 5.19. The van der Waals surface area contributed by atoms with Crippen LogP contribution in [0.25, 0.3) is 10.9 Å². The molecule has 5 nitrogen and oxygen atoms in total. The molecule has 3 rings (SSSR count). The Labute approximate surface area is 119 Å². The Kier molecular flexibility index (Phi) is 4.08. The standard InChI is InChI=1S/C15H21N5/c16-6-3-7-19-8-10-20(11-9-19)15-13-4-1-2-5-14(13)17-12-18-15/h1-2,4-5,12H,3,6-11,16H2. The van der Waals surface area contributed by atoms with Gasteiger partial charge in [0, 0.05) is 31.6 Å². The van der Waals surface area contributed by atoms with E-state index in [0.717, 1.165) is 62.4 Å². The van der Waals surface area contributed by atoms with Crippen molar-refractivity contribution in [1.82, 2.24) is 14.9 Å². The van der Waals surface area contributed by atoms with Gasteiger partial charge in [-0.25, -0.2) is 9.97 Å². The molecule has 1 aromatic carbocycles. The van der Waals surface area contributed by atoms with Gasteiger partial charge in [0.1, 0.15) is 12.1 Å². The molecule has 0 radical (unpaired) electrons. The first kappa shape index (κ1) is 13.3. The molecule has 0 bridgehead atoms. The molecule has 0 aliphatic carbocycles. The van der Waals surface area contributed by atoms with E-state index in [1.54, 1.807) is 6.33 Å². The minimum absolute atomic E-state index is 0.775. The highest BCUT2D eigenvalue weighted by molar-refractivity contribution is 5.89. The van der Waals surface area contributed by atoms with Crippen molar-refractivity contribution in [3.63, 3.8) is 0 Å². The van der Waals surface area contributed by atoms with E-state index < -0.39 is 0 Å². The lowest BCUT2D eigenvalue weighted by Gasteiger charge is -2.35. The summed E-state index contributed by atoms with van der Waals surface area (Å²) in [6.07, 6.45) is 2.74. The lowest BCUT2D eigenvalue weighted by molar-refractivity contribution is 0.256. The van der Waals surface area contributed by atoms with E-state index in [2.05, 4.69) is 25.8 Å². The Balaban J connectivity index is 1.74. The van der Waals surface area contributed by atoms with Gasteiger partial charge < -0.3 is 10.6 Å². The van der Waals surface area contributed by atoms with Crippen molar-refractivity contribution in [2.75, 3.05) is 44.2 Å². The fourth-order valence-corrected chi connectivity index (χ4v) is 2.74. The Morgan fingerprint density at radius 1 is 1.05 bits per heavy atom. The molecule has 20 heavy (non-hydrogen) atoms. The van der Waals surface area contributed by atoms with Gasteiger partial charge in [-0.3, -0.25) is 4.90 Å². The van der Waals surface area contributed by atoms with Crippen LogP contribution < -0.4 is 10.6 Å². The summed E-state index contributed by atoms with van der Waals surface area (Å²) in [5.41, 5.74) is 6.59. The molecular formula is C15H21N5. The van der Waals surface area contributed by atoms with Gasteiger partial charge in [0.2, 0.25) is 0 Å². The van der Waals surface area contributed by atoms with E-state index >= 15 is 0 Å². The van der Waals surface area contributed by atoms with Crippen LogP contribution in [0.1, 0.15) is 6.42 Å². The number of hydrogen-bond donors (Lipinski definition) is 1. The maximum Gasteiger partial charge on any atom is 0.139 e. The molecule has 0 unspecified atom stereocenters. The van der Waals surface area contributed by atoms with Crippen LogP contribution in [0.5, 0.6) is 0 Å². The molecule has 1 aliphatic heterocycles. The third kappa shape index (κ3) is 2.73. The van der Waals surface area contributed by atoms with E-state index in [1.165, 1.54) is 0 Å². The number of hydrogen-bond acceptors (Lipinski definition) is 5. The number of benzene rings is 1. The summed E-state index contributed by atoms with van der Waals surface area (Å²) < 4.78 is 0. The number of fused-ring (bicyclic) bond motifs is 1. The maximum atomic E-state index is 5.57. The Morgan fingerprint density at radius 2 is 1.85 bits per heavy atom. The van der Waals surface area contributed by atoms with Crippen LogP contribution in [-0.4, -0.2) is 54.1 Å². The molecule has 1 aliphatic rings. The third-order valence-corrected chi connectivity index (χ3v) is 3.87. The second kappa shape index (κ2) is 6.15. The van der Waals surface area contributed by atoms with Crippen molar-refractivity contribution in [1.29, 1.82) is 0 Å². The van der Waals surface area contributed by atoms with Crippen molar-refractivity contribution in [2.45, 2.75) is 6.42 Å². The number of nitrogens with two attached hydrogens (primary N) is 1. The zero-order chi connectivity index (χ0) is 13.8. The van der Waals surface area contributed by atoms with Crippen LogP contribution in [0, 0.1) is 0 Å². The quantitative estimate of drug-likeness (QED) is 0.902. The first-order valence-electron chi connectivity index (χ1n) is 7.25. The largest absolute Gasteiger partial charge is 0.353 e. The smallest absolute Gasteiger partial charge is 0.139 e. The topological polar surface area (TPSA) is 58.3 Å². The zero-order valence-electron chi connectivity index (χ0n) is 11.7. The van der Waals surface area contributed by atoms with Crippen molar-refractivity contribution in [3.05, 3.63) is 30.6 Å². The summed E-state index contributed by atoms with van der Waals surface area (Å²) in [5.74, 6) is 1.06. The van der Waals surface area contributed by atoms with Gasteiger partial charge in [-0.15, -0.1) is 0 Å². The lowest BCUT2D eigenvalue weighted by atomic mass is 10.2. The van der Waals surface area contributed by atoms with E-state index in [1.807, 2.05) is 18.2 Å². The van der Waals surface area contributed by atoms with Gasteiger partial charge in [0.25, 0.3) is 0 Å². The number of anilines is 1. The molecule has 0 spiro atoms. The average Bonchev–Trinajstić information content (AvgIpc) is 2.53. The normalized spacial score (nSPS) is 16.8. The molecule has 5 heteroatoms. The molecule has 1 aromatic heterocycles. The Hall–Kier alpha value is -1.72. The average molecular weight is 271 g/mol. The van der Waals surface area contributed by atoms with Crippen LogP contribution in [0.2, 0.25) is 0 Å². The minimum Gasteiger partial charge on any atom is -0.353 e. The van der Waals surface area contributed by atoms with Gasteiger partial charge in [0.05, 0.1) is 5.52 Å². The Bertz CT molecular complexity index is 558. The second-order valence-electron chi connectivity index (χ2n) is 5.19. The van der Waals surface area contributed by atoms with E-state index in [0.29, 0.717) is 0 Å². The highest BCUT2D eigenvalue weighted by Gasteiger charge is 2.19. The summed E-state index contributed by atoms with van der Waals surface area (Å²) in [6, 6.07) is 8.21. The number of piperazine rings is 1. The summed E-state index contributed by atoms with van der Waals surface area (Å²) in [5, 5.41) is 1.14. The molecule has 2 aromatic rings. The summed E-state index contributed by atoms with van der Waals surface area (Å²) in [7, 11) is 0. The monoisotopic (exact) mass is 271 g/mol. The van der Waals surface area contributed by atoms with Gasteiger partial charge in [-0.2, -0.15) is 0 Å². The highest BCUT2D eigenvalue weighted by atomic mass is 15.3. The summed E-state index contributed by atoms with van der Waals surface area (Å²) in [4.78, 5) is 13.7. The van der Waals surface area contributed by atoms with Gasteiger partial charge in [0.15, 0.2) is 0 Å². The van der Waals surface area contributed by atoms with Crippen LogP contribution in [0.3, 0.4) is 0 Å². The van der Waals surface area contributed by atoms with Crippen LogP contribution in [0.4, 0.5) is 5.82 Å². The maximum absolute atomic E-state index is 5.57. The van der Waals surface area contributed by atoms with Gasteiger partial charge >= 0.3 is 0 Å². The van der Waals surface area contributed by atoms with Crippen LogP contribution in [-0.2, 0) is 0 Å². The van der Waals surface area contributed by atoms with E-state index in [4.69, 9.17) is 5.73 Å². The Morgan fingerprint density at radius 3 is 2.65 bits per heavy atom. The number of rotatable bonds is 4. The molecule has 1 saturated heterocycles. The summed E-state index contributed by atoms with van der Waals surface area (Å²) in [6.45, 7) is 6.08. The predicted octanol–water partition coefficient (Wildman–Crippen LogP) is 1.10.